The quantitative estimate of drug-likeness (QED) is 0.897. The van der Waals surface area contributed by atoms with Crippen molar-refractivity contribution in [3.8, 4) is 0 Å². The van der Waals surface area contributed by atoms with Gasteiger partial charge in [-0.1, -0.05) is 19.0 Å². The lowest BCUT2D eigenvalue weighted by molar-refractivity contribution is 0.0696. The van der Waals surface area contributed by atoms with Crippen LogP contribution in [0.3, 0.4) is 0 Å². The Morgan fingerprint density at radius 2 is 1.90 bits per heavy atom. The van der Waals surface area contributed by atoms with E-state index in [2.05, 4.69) is 10.1 Å². The number of carboxylic acids is 1. The normalized spacial score (nSPS) is 11.8. The third kappa shape index (κ3) is 3.46. The summed E-state index contributed by atoms with van der Waals surface area (Å²) in [6, 6.07) is 4.99. The lowest BCUT2D eigenvalue weighted by Crippen LogP contribution is -2.07. The molecule has 0 aliphatic heterocycles. The van der Waals surface area contributed by atoms with Crippen molar-refractivity contribution >= 4 is 15.8 Å². The summed E-state index contributed by atoms with van der Waals surface area (Å²) in [6.07, 6.45) is 0. The minimum Gasteiger partial charge on any atom is -0.478 e. The van der Waals surface area contributed by atoms with Gasteiger partial charge in [-0.15, -0.1) is 0 Å². The van der Waals surface area contributed by atoms with Crippen LogP contribution >= 0.6 is 0 Å². The van der Waals surface area contributed by atoms with E-state index in [0.717, 1.165) is 0 Å². The maximum absolute atomic E-state index is 12.2. The molecule has 2 rings (SSSR count). The molecule has 21 heavy (non-hydrogen) atoms. The van der Waals surface area contributed by atoms with E-state index in [1.54, 1.807) is 0 Å². The first kappa shape index (κ1) is 15.2. The van der Waals surface area contributed by atoms with Crippen molar-refractivity contribution < 1.29 is 22.8 Å². The van der Waals surface area contributed by atoms with Crippen LogP contribution in [0.5, 0.6) is 0 Å². The lowest BCUT2D eigenvalue weighted by Gasteiger charge is -2.02. The van der Waals surface area contributed by atoms with Gasteiger partial charge in [-0.25, -0.2) is 13.2 Å². The zero-order valence-corrected chi connectivity index (χ0v) is 12.3. The van der Waals surface area contributed by atoms with Gasteiger partial charge in [-0.3, -0.25) is 0 Å². The average molecular weight is 310 g/mol. The van der Waals surface area contributed by atoms with Crippen LogP contribution in [-0.2, 0) is 15.6 Å². The molecule has 0 amide bonds. The number of carboxylic acid groups (broad SMARTS) is 1. The Labute approximate surface area is 121 Å². The second kappa shape index (κ2) is 5.65. The molecule has 0 fully saturated rings. The van der Waals surface area contributed by atoms with Crippen LogP contribution in [0.2, 0.25) is 0 Å². The van der Waals surface area contributed by atoms with E-state index >= 15 is 0 Å². The van der Waals surface area contributed by atoms with Gasteiger partial charge in [0.2, 0.25) is 5.89 Å². The summed E-state index contributed by atoms with van der Waals surface area (Å²) in [5, 5.41) is 12.4. The smallest absolute Gasteiger partial charge is 0.335 e. The molecule has 0 atom stereocenters. The molecule has 112 valence electrons. The number of aromatic carboxylic acids is 1. The highest BCUT2D eigenvalue weighted by Crippen LogP contribution is 2.17. The minimum absolute atomic E-state index is 0.0170. The molecule has 0 saturated carbocycles. The van der Waals surface area contributed by atoms with E-state index < -0.39 is 21.6 Å². The number of carbonyl (C=O) groups is 1. The van der Waals surface area contributed by atoms with E-state index in [0.29, 0.717) is 5.89 Å². The molecule has 1 aromatic heterocycles. The molecular weight excluding hydrogens is 296 g/mol. The fourth-order valence-corrected chi connectivity index (χ4v) is 2.79. The van der Waals surface area contributed by atoms with E-state index in [-0.39, 0.29) is 22.2 Å². The Morgan fingerprint density at radius 1 is 1.29 bits per heavy atom. The van der Waals surface area contributed by atoms with Gasteiger partial charge >= 0.3 is 5.97 Å². The molecule has 0 spiro atoms. The van der Waals surface area contributed by atoms with Crippen LogP contribution in [0, 0.1) is 0 Å². The Morgan fingerprint density at radius 3 is 2.38 bits per heavy atom. The van der Waals surface area contributed by atoms with Crippen molar-refractivity contribution in [1.29, 1.82) is 0 Å². The van der Waals surface area contributed by atoms with E-state index in [4.69, 9.17) is 9.63 Å². The van der Waals surface area contributed by atoms with Gasteiger partial charge in [0.1, 0.15) is 5.75 Å². The summed E-state index contributed by atoms with van der Waals surface area (Å²) in [7, 11) is -3.65. The molecular formula is C13H14N2O5S. The van der Waals surface area contributed by atoms with Crippen LogP contribution in [-0.4, -0.2) is 29.6 Å². The van der Waals surface area contributed by atoms with Gasteiger partial charge in [-0.2, -0.15) is 4.98 Å². The molecule has 1 heterocycles. The van der Waals surface area contributed by atoms with Crippen molar-refractivity contribution in [3.05, 3.63) is 41.5 Å². The highest BCUT2D eigenvalue weighted by Gasteiger charge is 2.20. The Kier molecular flexibility index (Phi) is 4.08. The summed E-state index contributed by atoms with van der Waals surface area (Å²) in [5.41, 5.74) is 0.0237. The number of sulfone groups is 1. The number of aromatic nitrogens is 2. The third-order valence-electron chi connectivity index (χ3n) is 2.76. The van der Waals surface area contributed by atoms with E-state index in [9.17, 15) is 13.2 Å². The van der Waals surface area contributed by atoms with Gasteiger partial charge in [0.15, 0.2) is 15.7 Å². The first-order valence-electron chi connectivity index (χ1n) is 6.18. The molecule has 1 aromatic carbocycles. The van der Waals surface area contributed by atoms with Gasteiger partial charge in [0.25, 0.3) is 0 Å². The fourth-order valence-electron chi connectivity index (χ4n) is 1.62. The van der Waals surface area contributed by atoms with E-state index in [1.807, 2.05) is 13.8 Å². The monoisotopic (exact) mass is 310 g/mol. The summed E-state index contributed by atoms with van der Waals surface area (Å²) in [5.74, 6) is -1.03. The van der Waals surface area contributed by atoms with Crippen LogP contribution in [0.15, 0.2) is 33.7 Å². The van der Waals surface area contributed by atoms with Crippen LogP contribution in [0.4, 0.5) is 0 Å². The second-order valence-electron chi connectivity index (χ2n) is 4.79. The maximum atomic E-state index is 12.2. The molecule has 0 saturated heterocycles. The molecule has 0 unspecified atom stereocenters. The zero-order chi connectivity index (χ0) is 15.6. The minimum atomic E-state index is -3.65. The number of hydrogen-bond donors (Lipinski definition) is 1. The summed E-state index contributed by atoms with van der Waals surface area (Å²) in [6.45, 7) is 3.72. The summed E-state index contributed by atoms with van der Waals surface area (Å²) in [4.78, 5) is 14.8. The van der Waals surface area contributed by atoms with Crippen LogP contribution in [0.1, 0.15) is 41.8 Å². The Bertz CT molecular complexity index is 747. The second-order valence-corrected chi connectivity index (χ2v) is 6.78. The van der Waals surface area contributed by atoms with Crippen molar-refractivity contribution in [2.45, 2.75) is 30.4 Å². The van der Waals surface area contributed by atoms with E-state index in [1.165, 1.54) is 24.3 Å². The molecule has 1 N–H and O–H groups in total. The molecule has 0 radical (unpaired) electrons. The molecule has 7 nitrogen and oxygen atoms in total. The number of rotatable bonds is 5. The molecule has 0 aliphatic carbocycles. The van der Waals surface area contributed by atoms with Crippen molar-refractivity contribution in [1.82, 2.24) is 10.1 Å². The molecule has 0 aliphatic rings. The maximum Gasteiger partial charge on any atom is 0.335 e. The lowest BCUT2D eigenvalue weighted by atomic mass is 10.2. The Hall–Kier alpha value is -2.22. The van der Waals surface area contributed by atoms with Gasteiger partial charge in [-0.05, 0) is 24.3 Å². The van der Waals surface area contributed by atoms with Gasteiger partial charge < -0.3 is 9.63 Å². The largest absolute Gasteiger partial charge is 0.478 e. The van der Waals surface area contributed by atoms with Crippen LogP contribution in [0.25, 0.3) is 0 Å². The summed E-state index contributed by atoms with van der Waals surface area (Å²) >= 11 is 0. The third-order valence-corrected chi connectivity index (χ3v) is 4.39. The first-order chi connectivity index (χ1) is 9.79. The number of hydrogen-bond acceptors (Lipinski definition) is 6. The number of nitrogens with zero attached hydrogens (tertiary/aromatic N) is 2. The first-order valence-corrected chi connectivity index (χ1v) is 7.83. The van der Waals surface area contributed by atoms with Crippen molar-refractivity contribution in [2.75, 3.05) is 0 Å². The van der Waals surface area contributed by atoms with Crippen molar-refractivity contribution in [3.63, 3.8) is 0 Å². The van der Waals surface area contributed by atoms with Crippen molar-refractivity contribution in [2.24, 2.45) is 0 Å². The number of benzene rings is 1. The molecule has 8 heteroatoms. The molecule has 0 bridgehead atoms. The zero-order valence-electron chi connectivity index (χ0n) is 11.5. The van der Waals surface area contributed by atoms with Crippen LogP contribution < -0.4 is 0 Å². The average Bonchev–Trinajstić information content (AvgIpc) is 2.87. The topological polar surface area (TPSA) is 110 Å². The van der Waals surface area contributed by atoms with Gasteiger partial charge in [0.05, 0.1) is 10.5 Å². The summed E-state index contributed by atoms with van der Waals surface area (Å²) < 4.78 is 29.3. The highest BCUT2D eigenvalue weighted by atomic mass is 32.2. The molecule has 2 aromatic rings. The predicted octanol–water partition coefficient (Wildman–Crippen LogP) is 1.87. The Balaban J connectivity index is 2.22. The predicted molar refractivity (Wildman–Crippen MR) is 72.7 cm³/mol. The highest BCUT2D eigenvalue weighted by molar-refractivity contribution is 7.90. The van der Waals surface area contributed by atoms with Gasteiger partial charge in [0, 0.05) is 5.92 Å². The standard InChI is InChI=1S/C13H14N2O5S/c1-8(2)12-14-11(15-20-12)7-21(18,19)10-5-3-9(4-6-10)13(16)17/h3-6,8H,7H2,1-2H3,(H,16,17). The fraction of sp³-hybridized carbons (Fsp3) is 0.308. The SMILES string of the molecule is CC(C)c1nc(CS(=O)(=O)c2ccc(C(=O)O)cc2)no1.